The van der Waals surface area contributed by atoms with Crippen molar-refractivity contribution in [3.8, 4) is 0 Å². The van der Waals surface area contributed by atoms with Crippen molar-refractivity contribution in [2.24, 2.45) is 0 Å². The highest BCUT2D eigenvalue weighted by molar-refractivity contribution is 8.23. The Morgan fingerprint density at radius 1 is 1.24 bits per heavy atom. The summed E-state index contributed by atoms with van der Waals surface area (Å²) < 4.78 is 5.94. The molecule has 0 saturated carbocycles. The molecule has 0 aromatic heterocycles. The average molecular weight is 381 g/mol. The molecular formula is C18H24N2O3S2. The van der Waals surface area contributed by atoms with Crippen molar-refractivity contribution in [2.75, 3.05) is 30.8 Å². The molecule has 0 radical (unpaired) electrons. The summed E-state index contributed by atoms with van der Waals surface area (Å²) in [6.07, 6.45) is 4.18. The fraction of sp³-hybridized carbons (Fsp3) is 0.500. The number of anilines is 1. The molecule has 1 N–H and O–H groups in total. The largest absolute Gasteiger partial charge is 0.462 e. The van der Waals surface area contributed by atoms with E-state index in [0.717, 1.165) is 30.3 Å². The fourth-order valence-electron chi connectivity index (χ4n) is 2.40. The Morgan fingerprint density at radius 2 is 1.92 bits per heavy atom. The minimum Gasteiger partial charge on any atom is -0.462 e. The van der Waals surface area contributed by atoms with Crippen LogP contribution in [0.1, 0.15) is 43.0 Å². The number of unbranched alkanes of at least 4 members (excludes halogenated alkanes) is 1. The van der Waals surface area contributed by atoms with Crippen molar-refractivity contribution in [2.45, 2.75) is 32.6 Å². The van der Waals surface area contributed by atoms with Crippen LogP contribution in [-0.4, -0.2) is 46.5 Å². The Balaban J connectivity index is 1.75. The van der Waals surface area contributed by atoms with Gasteiger partial charge in [-0.1, -0.05) is 37.3 Å². The van der Waals surface area contributed by atoms with E-state index in [1.165, 1.54) is 24.6 Å². The van der Waals surface area contributed by atoms with Crippen LogP contribution in [0.2, 0.25) is 0 Å². The molecule has 1 aromatic rings. The van der Waals surface area contributed by atoms with Gasteiger partial charge in [0.05, 0.1) is 17.9 Å². The smallest absolute Gasteiger partial charge is 0.338 e. The molecule has 1 fully saturated rings. The second-order valence-electron chi connectivity index (χ2n) is 5.86. The minimum atomic E-state index is -0.335. The van der Waals surface area contributed by atoms with Gasteiger partial charge < -0.3 is 15.0 Å². The zero-order valence-corrected chi connectivity index (χ0v) is 16.1. The second kappa shape index (κ2) is 10.4. The SMILES string of the molecule is CCCCOC(=O)c1ccc(NC(=O)CSC(=S)N2CCCC2)cc1. The topological polar surface area (TPSA) is 58.6 Å². The molecule has 0 atom stereocenters. The molecule has 1 aliphatic heterocycles. The summed E-state index contributed by atoms with van der Waals surface area (Å²) in [6.45, 7) is 4.45. The van der Waals surface area contributed by atoms with E-state index in [4.69, 9.17) is 17.0 Å². The summed E-state index contributed by atoms with van der Waals surface area (Å²) in [5.41, 5.74) is 1.14. The monoisotopic (exact) mass is 380 g/mol. The van der Waals surface area contributed by atoms with Crippen molar-refractivity contribution in [3.05, 3.63) is 29.8 Å². The van der Waals surface area contributed by atoms with Crippen LogP contribution >= 0.6 is 24.0 Å². The van der Waals surface area contributed by atoms with E-state index in [-0.39, 0.29) is 17.6 Å². The number of thioether (sulfide) groups is 1. The molecule has 5 nitrogen and oxygen atoms in total. The van der Waals surface area contributed by atoms with Crippen molar-refractivity contribution in [3.63, 3.8) is 0 Å². The van der Waals surface area contributed by atoms with Gasteiger partial charge in [0.25, 0.3) is 0 Å². The number of ether oxygens (including phenoxy) is 1. The van der Waals surface area contributed by atoms with Gasteiger partial charge >= 0.3 is 5.97 Å². The predicted molar refractivity (Wildman–Crippen MR) is 106 cm³/mol. The van der Waals surface area contributed by atoms with E-state index in [1.807, 2.05) is 6.92 Å². The average Bonchev–Trinajstić information content (AvgIpc) is 3.15. The van der Waals surface area contributed by atoms with Crippen LogP contribution in [0.5, 0.6) is 0 Å². The van der Waals surface area contributed by atoms with E-state index in [0.29, 0.717) is 17.9 Å². The third-order valence-electron chi connectivity index (χ3n) is 3.83. The lowest BCUT2D eigenvalue weighted by Crippen LogP contribution is -2.25. The zero-order valence-electron chi connectivity index (χ0n) is 14.5. The summed E-state index contributed by atoms with van der Waals surface area (Å²) in [7, 11) is 0. The van der Waals surface area contributed by atoms with Crippen LogP contribution in [0.3, 0.4) is 0 Å². The standard InChI is InChI=1S/C18H24N2O3S2/c1-2-3-12-23-17(22)14-6-8-15(9-7-14)19-16(21)13-25-18(24)20-10-4-5-11-20/h6-9H,2-5,10-13H2,1H3,(H,19,21). The number of amides is 1. The lowest BCUT2D eigenvalue weighted by atomic mass is 10.2. The Labute approximate surface area is 158 Å². The molecule has 1 aliphatic rings. The molecule has 2 rings (SSSR count). The van der Waals surface area contributed by atoms with Gasteiger partial charge in [0, 0.05) is 18.8 Å². The van der Waals surface area contributed by atoms with Crippen LogP contribution in [0, 0.1) is 0 Å². The lowest BCUT2D eigenvalue weighted by molar-refractivity contribution is -0.113. The molecule has 1 saturated heterocycles. The maximum Gasteiger partial charge on any atom is 0.338 e. The number of likely N-dealkylation sites (tertiary alicyclic amines) is 1. The van der Waals surface area contributed by atoms with E-state index in [1.54, 1.807) is 24.3 Å². The van der Waals surface area contributed by atoms with Gasteiger partial charge in [-0.25, -0.2) is 4.79 Å². The minimum absolute atomic E-state index is 0.107. The summed E-state index contributed by atoms with van der Waals surface area (Å²) in [4.78, 5) is 26.0. The molecular weight excluding hydrogens is 356 g/mol. The first kappa shape index (κ1) is 19.7. The van der Waals surface area contributed by atoms with E-state index < -0.39 is 0 Å². The summed E-state index contributed by atoms with van der Waals surface area (Å²) in [5, 5.41) is 2.82. The van der Waals surface area contributed by atoms with Gasteiger partial charge in [-0.3, -0.25) is 4.79 Å². The Bertz CT molecular complexity index is 599. The first-order chi connectivity index (χ1) is 12.1. The molecule has 1 heterocycles. The lowest BCUT2D eigenvalue weighted by Gasteiger charge is -2.17. The Hall–Kier alpha value is -1.60. The van der Waals surface area contributed by atoms with Crippen molar-refractivity contribution in [1.29, 1.82) is 0 Å². The number of nitrogens with zero attached hydrogens (tertiary/aromatic N) is 1. The highest BCUT2D eigenvalue weighted by Gasteiger charge is 2.16. The molecule has 7 heteroatoms. The predicted octanol–water partition coefficient (Wildman–Crippen LogP) is 3.70. The number of thiocarbonyl (C=S) groups is 1. The number of carbonyl (C=O) groups is 2. The Kier molecular flexibility index (Phi) is 8.21. The van der Waals surface area contributed by atoms with Gasteiger partial charge in [-0.05, 0) is 43.5 Å². The number of rotatable bonds is 7. The van der Waals surface area contributed by atoms with Crippen LogP contribution in [-0.2, 0) is 9.53 Å². The third kappa shape index (κ3) is 6.66. The first-order valence-electron chi connectivity index (χ1n) is 8.59. The quantitative estimate of drug-likeness (QED) is 0.442. The number of esters is 1. The summed E-state index contributed by atoms with van der Waals surface area (Å²) in [6, 6.07) is 6.73. The maximum absolute atomic E-state index is 12.0. The number of carbonyl (C=O) groups excluding carboxylic acids is 2. The number of hydrogen-bond acceptors (Lipinski definition) is 5. The highest BCUT2D eigenvalue weighted by atomic mass is 32.2. The van der Waals surface area contributed by atoms with E-state index >= 15 is 0 Å². The fourth-order valence-corrected chi connectivity index (χ4v) is 3.45. The molecule has 0 bridgehead atoms. The molecule has 0 unspecified atom stereocenters. The zero-order chi connectivity index (χ0) is 18.1. The van der Waals surface area contributed by atoms with Crippen molar-refractivity contribution >= 4 is 45.9 Å². The van der Waals surface area contributed by atoms with Gasteiger partial charge in [0.1, 0.15) is 4.32 Å². The van der Waals surface area contributed by atoms with Crippen molar-refractivity contribution < 1.29 is 14.3 Å². The molecule has 25 heavy (non-hydrogen) atoms. The second-order valence-corrected chi connectivity index (χ2v) is 7.47. The van der Waals surface area contributed by atoms with Gasteiger partial charge in [-0.2, -0.15) is 0 Å². The molecule has 136 valence electrons. The molecule has 0 spiro atoms. The first-order valence-corrected chi connectivity index (χ1v) is 9.98. The molecule has 0 aliphatic carbocycles. The summed E-state index contributed by atoms with van der Waals surface area (Å²) >= 11 is 6.74. The molecule has 1 aromatic carbocycles. The summed E-state index contributed by atoms with van der Waals surface area (Å²) in [5.74, 6) is -0.154. The molecule has 1 amide bonds. The number of hydrogen-bond donors (Lipinski definition) is 1. The van der Waals surface area contributed by atoms with Crippen LogP contribution < -0.4 is 5.32 Å². The number of benzene rings is 1. The van der Waals surface area contributed by atoms with Crippen LogP contribution in [0.25, 0.3) is 0 Å². The third-order valence-corrected chi connectivity index (χ3v) is 5.35. The van der Waals surface area contributed by atoms with E-state index in [9.17, 15) is 9.59 Å². The maximum atomic E-state index is 12.0. The normalized spacial score (nSPS) is 13.6. The highest BCUT2D eigenvalue weighted by Crippen LogP contribution is 2.17. The Morgan fingerprint density at radius 3 is 2.56 bits per heavy atom. The van der Waals surface area contributed by atoms with Crippen molar-refractivity contribution in [1.82, 2.24) is 4.90 Å². The van der Waals surface area contributed by atoms with Gasteiger partial charge in [0.15, 0.2) is 0 Å². The van der Waals surface area contributed by atoms with Gasteiger partial charge in [-0.15, -0.1) is 0 Å². The van der Waals surface area contributed by atoms with Crippen LogP contribution in [0.4, 0.5) is 5.69 Å². The van der Waals surface area contributed by atoms with Gasteiger partial charge in [0.2, 0.25) is 5.91 Å². The van der Waals surface area contributed by atoms with E-state index in [2.05, 4.69) is 10.2 Å². The number of nitrogens with one attached hydrogen (secondary N) is 1. The van der Waals surface area contributed by atoms with Crippen LogP contribution in [0.15, 0.2) is 24.3 Å².